The zero-order valence-electron chi connectivity index (χ0n) is 13.1. The number of hydrogen-bond donors (Lipinski definition) is 0. The van der Waals surface area contributed by atoms with Crippen LogP contribution in [0.5, 0.6) is 0 Å². The summed E-state index contributed by atoms with van der Waals surface area (Å²) >= 11 is 1.55. The quantitative estimate of drug-likeness (QED) is 0.397. The highest BCUT2D eigenvalue weighted by atomic mass is 32.1. The Morgan fingerprint density at radius 2 is 1.96 bits per heavy atom. The number of fused-ring (bicyclic) bond motifs is 2. The molecule has 0 radical (unpaired) electrons. The van der Waals surface area contributed by atoms with Crippen LogP contribution in [0.4, 0.5) is 0 Å². The first-order valence-corrected chi connectivity index (χ1v) is 8.30. The van der Waals surface area contributed by atoms with Gasteiger partial charge in [-0.15, -0.1) is 11.3 Å². The number of carbonyl (C=O) groups is 1. The van der Waals surface area contributed by atoms with E-state index in [1.54, 1.807) is 17.4 Å². The van der Waals surface area contributed by atoms with E-state index in [9.17, 15) is 9.59 Å². The molecule has 0 atom stereocenters. The molecule has 24 heavy (non-hydrogen) atoms. The standard InChI is InChI=1S/C19H13NO3S/c1-10-7-12-9-13(11(2)21)19(22)23-17(12)14(8-10)18-20-15-5-3-4-6-16(15)24-18/h3-9H,1-2H3. The van der Waals surface area contributed by atoms with Gasteiger partial charge in [0.05, 0.1) is 15.8 Å². The third kappa shape index (κ3) is 2.34. The van der Waals surface area contributed by atoms with Gasteiger partial charge in [0.1, 0.15) is 16.2 Å². The highest BCUT2D eigenvalue weighted by molar-refractivity contribution is 7.21. The Bertz CT molecular complexity index is 1140. The third-order valence-corrected chi connectivity index (χ3v) is 4.95. The molecule has 5 heteroatoms. The molecular weight excluding hydrogens is 322 g/mol. The van der Waals surface area contributed by atoms with Crippen LogP contribution in [-0.4, -0.2) is 10.8 Å². The van der Waals surface area contributed by atoms with Crippen molar-refractivity contribution >= 4 is 38.3 Å². The molecule has 0 amide bonds. The van der Waals surface area contributed by atoms with Gasteiger partial charge in [0.2, 0.25) is 0 Å². The molecule has 2 heterocycles. The van der Waals surface area contributed by atoms with E-state index < -0.39 is 5.63 Å². The highest BCUT2D eigenvalue weighted by Gasteiger charge is 2.16. The largest absolute Gasteiger partial charge is 0.421 e. The van der Waals surface area contributed by atoms with Crippen molar-refractivity contribution < 1.29 is 9.21 Å². The molecule has 0 aliphatic carbocycles. The highest BCUT2D eigenvalue weighted by Crippen LogP contribution is 2.35. The second-order valence-corrected chi connectivity index (χ2v) is 6.75. The van der Waals surface area contributed by atoms with Gasteiger partial charge in [-0.1, -0.05) is 12.1 Å². The predicted octanol–water partition coefficient (Wildman–Crippen LogP) is 4.58. The van der Waals surface area contributed by atoms with Gasteiger partial charge in [-0.3, -0.25) is 4.79 Å². The number of hydrogen-bond acceptors (Lipinski definition) is 5. The maximum Gasteiger partial charge on any atom is 0.347 e. The van der Waals surface area contributed by atoms with Crippen LogP contribution in [0.15, 0.2) is 51.7 Å². The van der Waals surface area contributed by atoms with E-state index in [0.29, 0.717) is 5.58 Å². The summed E-state index contributed by atoms with van der Waals surface area (Å²) in [5, 5.41) is 1.53. The van der Waals surface area contributed by atoms with Crippen molar-refractivity contribution in [3.05, 3.63) is 64.0 Å². The van der Waals surface area contributed by atoms with E-state index in [0.717, 1.165) is 31.7 Å². The van der Waals surface area contributed by atoms with Gasteiger partial charge in [0.15, 0.2) is 5.78 Å². The molecule has 0 saturated carbocycles. The van der Waals surface area contributed by atoms with E-state index in [2.05, 4.69) is 4.98 Å². The predicted molar refractivity (Wildman–Crippen MR) is 95.8 cm³/mol. The van der Waals surface area contributed by atoms with Crippen LogP contribution in [0.2, 0.25) is 0 Å². The molecule has 0 spiro atoms. The van der Waals surface area contributed by atoms with Gasteiger partial charge in [-0.2, -0.15) is 0 Å². The molecule has 0 aliphatic rings. The summed E-state index contributed by atoms with van der Waals surface area (Å²) in [6.45, 7) is 3.33. The van der Waals surface area contributed by atoms with Crippen molar-refractivity contribution in [2.75, 3.05) is 0 Å². The number of nitrogens with zero attached hydrogens (tertiary/aromatic N) is 1. The van der Waals surface area contributed by atoms with Crippen LogP contribution in [-0.2, 0) is 0 Å². The lowest BCUT2D eigenvalue weighted by Gasteiger charge is -2.05. The summed E-state index contributed by atoms with van der Waals surface area (Å²) in [4.78, 5) is 28.4. The van der Waals surface area contributed by atoms with Crippen LogP contribution < -0.4 is 5.63 Å². The number of carbonyl (C=O) groups excluding carboxylic acids is 1. The van der Waals surface area contributed by atoms with Gasteiger partial charge in [-0.25, -0.2) is 9.78 Å². The summed E-state index contributed by atoms with van der Waals surface area (Å²) < 4.78 is 6.55. The smallest absolute Gasteiger partial charge is 0.347 e. The van der Waals surface area contributed by atoms with E-state index in [4.69, 9.17) is 4.42 Å². The van der Waals surface area contributed by atoms with Gasteiger partial charge in [-0.05, 0) is 49.7 Å². The minimum Gasteiger partial charge on any atom is -0.421 e. The normalized spacial score (nSPS) is 11.2. The summed E-state index contributed by atoms with van der Waals surface area (Å²) in [6.07, 6.45) is 0. The van der Waals surface area contributed by atoms with Crippen LogP contribution in [0.3, 0.4) is 0 Å². The lowest BCUT2D eigenvalue weighted by molar-refractivity contribution is 0.101. The average Bonchev–Trinajstić information content (AvgIpc) is 2.97. The lowest BCUT2D eigenvalue weighted by Crippen LogP contribution is -2.11. The second-order valence-electron chi connectivity index (χ2n) is 5.72. The molecule has 0 saturated heterocycles. The molecular formula is C19H13NO3S. The van der Waals surface area contributed by atoms with E-state index in [1.165, 1.54) is 6.92 Å². The molecule has 2 aromatic heterocycles. The van der Waals surface area contributed by atoms with Crippen molar-refractivity contribution in [2.45, 2.75) is 13.8 Å². The molecule has 0 bridgehead atoms. The molecule has 118 valence electrons. The number of rotatable bonds is 2. The minimum absolute atomic E-state index is 0.0725. The zero-order chi connectivity index (χ0) is 16.8. The Hall–Kier alpha value is -2.79. The Kier molecular flexibility index (Phi) is 3.32. The molecule has 0 fully saturated rings. The monoisotopic (exact) mass is 335 g/mol. The Labute approximate surface area is 141 Å². The summed E-state index contributed by atoms with van der Waals surface area (Å²) in [5.41, 5.74) is 2.63. The van der Waals surface area contributed by atoms with Crippen molar-refractivity contribution in [3.8, 4) is 10.6 Å². The first kappa shape index (κ1) is 14.8. The number of para-hydroxylation sites is 1. The number of aromatic nitrogens is 1. The number of ketones is 1. The van der Waals surface area contributed by atoms with Crippen molar-refractivity contribution in [1.29, 1.82) is 0 Å². The third-order valence-electron chi connectivity index (χ3n) is 3.88. The summed E-state index contributed by atoms with van der Waals surface area (Å²) in [5.74, 6) is -0.298. The van der Waals surface area contributed by atoms with Gasteiger partial charge < -0.3 is 4.42 Å². The maximum absolute atomic E-state index is 12.1. The fraction of sp³-hybridized carbons (Fsp3) is 0.105. The van der Waals surface area contributed by atoms with Crippen LogP contribution in [0.25, 0.3) is 31.8 Å². The Morgan fingerprint density at radius 1 is 1.17 bits per heavy atom. The second kappa shape index (κ2) is 5.39. The average molecular weight is 335 g/mol. The maximum atomic E-state index is 12.1. The van der Waals surface area contributed by atoms with Gasteiger partial charge in [0, 0.05) is 5.39 Å². The van der Waals surface area contributed by atoms with Gasteiger partial charge in [0.25, 0.3) is 0 Å². The van der Waals surface area contributed by atoms with Crippen LogP contribution in [0, 0.1) is 6.92 Å². The molecule has 0 aliphatic heterocycles. The van der Waals surface area contributed by atoms with E-state index >= 15 is 0 Å². The van der Waals surface area contributed by atoms with Crippen molar-refractivity contribution in [3.63, 3.8) is 0 Å². The van der Waals surface area contributed by atoms with Gasteiger partial charge >= 0.3 is 5.63 Å². The number of benzene rings is 2. The summed E-state index contributed by atoms with van der Waals surface area (Å²) in [6, 6.07) is 13.3. The fourth-order valence-electron chi connectivity index (χ4n) is 2.78. The Morgan fingerprint density at radius 3 is 2.71 bits per heavy atom. The zero-order valence-corrected chi connectivity index (χ0v) is 13.9. The van der Waals surface area contributed by atoms with Crippen molar-refractivity contribution in [1.82, 2.24) is 4.98 Å². The molecule has 2 aromatic carbocycles. The van der Waals surface area contributed by atoms with Crippen LogP contribution in [0.1, 0.15) is 22.8 Å². The van der Waals surface area contributed by atoms with E-state index in [-0.39, 0.29) is 11.3 Å². The summed E-state index contributed by atoms with van der Waals surface area (Å²) in [7, 11) is 0. The lowest BCUT2D eigenvalue weighted by atomic mass is 10.0. The van der Waals surface area contributed by atoms with Crippen molar-refractivity contribution in [2.24, 2.45) is 0 Å². The molecule has 4 rings (SSSR count). The molecule has 0 unspecified atom stereocenters. The minimum atomic E-state index is -0.610. The molecule has 0 N–H and O–H groups in total. The SMILES string of the molecule is CC(=O)c1cc2cc(C)cc(-c3nc4ccccc4s3)c2oc1=O. The first-order valence-electron chi connectivity index (χ1n) is 7.48. The topological polar surface area (TPSA) is 60.2 Å². The Balaban J connectivity index is 2.06. The number of Topliss-reactive ketones (excluding diaryl/α,β-unsaturated/α-hetero) is 1. The number of thiazole rings is 1. The van der Waals surface area contributed by atoms with Crippen LogP contribution >= 0.6 is 11.3 Å². The number of aryl methyl sites for hydroxylation is 1. The first-order chi connectivity index (χ1) is 11.5. The molecule has 4 nitrogen and oxygen atoms in total. The molecule has 4 aromatic rings. The van der Waals surface area contributed by atoms with E-state index in [1.807, 2.05) is 43.3 Å². The fourth-order valence-corrected chi connectivity index (χ4v) is 3.75.